The molecule has 0 N–H and O–H groups in total. The van der Waals surface area contributed by atoms with E-state index in [0.717, 1.165) is 34.0 Å². The number of carbonyl (C=O) groups is 1. The van der Waals surface area contributed by atoms with Gasteiger partial charge in [-0.3, -0.25) is 4.79 Å². The van der Waals surface area contributed by atoms with Crippen molar-refractivity contribution in [1.82, 2.24) is 4.98 Å². The predicted octanol–water partition coefficient (Wildman–Crippen LogP) is 6.71. The van der Waals surface area contributed by atoms with Crippen LogP contribution < -0.4 is 9.47 Å². The lowest BCUT2D eigenvalue weighted by Gasteiger charge is -2.17. The molecule has 29 heavy (non-hydrogen) atoms. The van der Waals surface area contributed by atoms with Gasteiger partial charge in [-0.15, -0.1) is 0 Å². The Hall–Kier alpha value is -2.08. The van der Waals surface area contributed by atoms with Crippen LogP contribution in [0.25, 0.3) is 11.1 Å². The van der Waals surface area contributed by atoms with Gasteiger partial charge in [-0.1, -0.05) is 53.5 Å². The van der Waals surface area contributed by atoms with Gasteiger partial charge in [0.15, 0.2) is 6.29 Å². The van der Waals surface area contributed by atoms with E-state index in [1.165, 1.54) is 18.7 Å². The lowest BCUT2D eigenvalue weighted by atomic mass is 9.96. The van der Waals surface area contributed by atoms with E-state index in [1.54, 1.807) is 0 Å². The van der Waals surface area contributed by atoms with Crippen LogP contribution in [0.4, 0.5) is 0 Å². The first kappa shape index (κ1) is 20.2. The highest BCUT2D eigenvalue weighted by molar-refractivity contribution is 9.10. The molecule has 0 spiro atoms. The van der Waals surface area contributed by atoms with Crippen LogP contribution in [0.15, 0.2) is 46.9 Å². The molecule has 1 aromatic heterocycles. The van der Waals surface area contributed by atoms with E-state index in [-0.39, 0.29) is 28.5 Å². The van der Waals surface area contributed by atoms with E-state index in [1.807, 2.05) is 30.3 Å². The summed E-state index contributed by atoms with van der Waals surface area (Å²) in [4.78, 5) is 15.4. The van der Waals surface area contributed by atoms with Crippen LogP contribution in [0.1, 0.15) is 34.0 Å². The van der Waals surface area contributed by atoms with Crippen LogP contribution in [0, 0.1) is 0 Å². The fraction of sp³-hybridized carbons (Fsp3) is 0.182. The maximum Gasteiger partial charge on any atom is 0.236 e. The topological polar surface area (TPSA) is 48.4 Å². The number of hydrogen-bond donors (Lipinski definition) is 0. The lowest BCUT2D eigenvalue weighted by molar-refractivity contribution is 0.111. The number of rotatable bonds is 5. The fourth-order valence-electron chi connectivity index (χ4n) is 3.64. The number of aromatic nitrogens is 1. The molecule has 1 heterocycles. The van der Waals surface area contributed by atoms with Crippen molar-refractivity contribution >= 4 is 45.4 Å². The summed E-state index contributed by atoms with van der Waals surface area (Å²) in [6.45, 7) is 0. The zero-order chi connectivity index (χ0) is 20.5. The number of aldehydes is 1. The molecular formula is C22H16BrCl2NO3. The molecule has 0 fully saturated rings. The van der Waals surface area contributed by atoms with Crippen LogP contribution in [0.2, 0.25) is 10.0 Å². The van der Waals surface area contributed by atoms with Gasteiger partial charge in [0.1, 0.15) is 11.1 Å². The molecule has 148 valence electrons. The molecule has 0 saturated carbocycles. The first-order valence-electron chi connectivity index (χ1n) is 8.96. The second kappa shape index (κ2) is 8.34. The molecule has 1 atom stereocenters. The SMILES string of the molecule is COc1nc(O[C@H]2CCc3c(-c4cccc(Br)c4Cl)cccc32)c(Cl)cc1C=O. The lowest BCUT2D eigenvalue weighted by Crippen LogP contribution is -2.07. The zero-order valence-electron chi connectivity index (χ0n) is 15.4. The highest BCUT2D eigenvalue weighted by Crippen LogP contribution is 2.43. The molecule has 0 bridgehead atoms. The molecular weight excluding hydrogens is 477 g/mol. The molecule has 0 unspecified atom stereocenters. The van der Waals surface area contributed by atoms with Crippen molar-refractivity contribution < 1.29 is 14.3 Å². The van der Waals surface area contributed by atoms with Gasteiger partial charge in [0, 0.05) is 10.0 Å². The van der Waals surface area contributed by atoms with E-state index < -0.39 is 0 Å². The number of nitrogens with zero attached hydrogens (tertiary/aromatic N) is 1. The summed E-state index contributed by atoms with van der Waals surface area (Å²) in [5.41, 5.74) is 4.63. The third kappa shape index (κ3) is 3.75. The average molecular weight is 493 g/mol. The minimum Gasteiger partial charge on any atom is -0.480 e. The summed E-state index contributed by atoms with van der Waals surface area (Å²) in [6.07, 6.45) is 2.08. The Bertz CT molecular complexity index is 1100. The summed E-state index contributed by atoms with van der Waals surface area (Å²) in [7, 11) is 1.45. The van der Waals surface area contributed by atoms with Crippen molar-refractivity contribution in [2.75, 3.05) is 7.11 Å². The maximum atomic E-state index is 11.1. The van der Waals surface area contributed by atoms with Crippen molar-refractivity contribution in [3.63, 3.8) is 0 Å². The smallest absolute Gasteiger partial charge is 0.236 e. The number of ether oxygens (including phenoxy) is 2. The van der Waals surface area contributed by atoms with Crippen molar-refractivity contribution in [2.24, 2.45) is 0 Å². The minimum atomic E-state index is -0.201. The van der Waals surface area contributed by atoms with Gasteiger partial charge in [-0.2, -0.15) is 4.98 Å². The molecule has 3 aromatic rings. The van der Waals surface area contributed by atoms with E-state index in [0.29, 0.717) is 11.3 Å². The van der Waals surface area contributed by atoms with Gasteiger partial charge in [0.05, 0.1) is 17.7 Å². The molecule has 1 aliphatic rings. The Labute approximate surface area is 186 Å². The second-order valence-electron chi connectivity index (χ2n) is 6.61. The first-order valence-corrected chi connectivity index (χ1v) is 10.5. The largest absolute Gasteiger partial charge is 0.480 e. The number of carbonyl (C=O) groups excluding carboxylic acids is 1. The van der Waals surface area contributed by atoms with Crippen molar-refractivity contribution in [3.05, 3.63) is 73.7 Å². The van der Waals surface area contributed by atoms with Crippen molar-refractivity contribution in [1.29, 1.82) is 0 Å². The fourth-order valence-corrected chi connectivity index (χ4v) is 4.44. The number of fused-ring (bicyclic) bond motifs is 1. The molecule has 4 rings (SSSR count). The highest BCUT2D eigenvalue weighted by atomic mass is 79.9. The van der Waals surface area contributed by atoms with E-state index in [4.69, 9.17) is 32.7 Å². The van der Waals surface area contributed by atoms with Gasteiger partial charge in [0.2, 0.25) is 11.8 Å². The number of benzene rings is 2. The maximum absolute atomic E-state index is 11.1. The summed E-state index contributed by atoms with van der Waals surface area (Å²) < 4.78 is 12.2. The molecule has 0 amide bonds. The Balaban J connectivity index is 1.71. The first-order chi connectivity index (χ1) is 14.0. The summed E-state index contributed by atoms with van der Waals surface area (Å²) >= 11 is 16.3. The Kier molecular flexibility index (Phi) is 5.81. The third-order valence-electron chi connectivity index (χ3n) is 4.97. The molecule has 4 nitrogen and oxygen atoms in total. The van der Waals surface area contributed by atoms with Crippen molar-refractivity contribution in [3.8, 4) is 22.9 Å². The van der Waals surface area contributed by atoms with E-state index in [9.17, 15) is 4.79 Å². The summed E-state index contributed by atoms with van der Waals surface area (Å²) in [5.74, 6) is 0.435. The van der Waals surface area contributed by atoms with Gasteiger partial charge >= 0.3 is 0 Å². The zero-order valence-corrected chi connectivity index (χ0v) is 18.5. The number of pyridine rings is 1. The standard InChI is InChI=1S/C22H16BrCl2NO3/c1-28-21-12(11-27)10-18(24)22(26-21)29-19-9-8-14-13(4-2-5-15(14)19)16-6-3-7-17(23)20(16)25/h2-7,10-11,19H,8-9H2,1H3/t19-/m0/s1. The van der Waals surface area contributed by atoms with Crippen molar-refractivity contribution in [2.45, 2.75) is 18.9 Å². The molecule has 0 saturated heterocycles. The molecule has 0 aliphatic heterocycles. The van der Waals surface area contributed by atoms with E-state index >= 15 is 0 Å². The Morgan fingerprint density at radius 2 is 1.90 bits per heavy atom. The summed E-state index contributed by atoms with van der Waals surface area (Å²) in [5, 5.41) is 0.955. The number of methoxy groups -OCH3 is 1. The van der Waals surface area contributed by atoms with Crippen LogP contribution >= 0.6 is 39.1 Å². The van der Waals surface area contributed by atoms with Crippen LogP contribution in [0.5, 0.6) is 11.8 Å². The van der Waals surface area contributed by atoms with Gasteiger partial charge in [-0.05, 0) is 57.6 Å². The van der Waals surface area contributed by atoms with E-state index in [2.05, 4.69) is 27.0 Å². The van der Waals surface area contributed by atoms with Crippen LogP contribution in [-0.2, 0) is 6.42 Å². The number of halogens is 3. The quantitative estimate of drug-likeness (QED) is 0.371. The predicted molar refractivity (Wildman–Crippen MR) is 117 cm³/mol. The minimum absolute atomic E-state index is 0.187. The summed E-state index contributed by atoms with van der Waals surface area (Å²) in [6, 6.07) is 13.5. The second-order valence-corrected chi connectivity index (χ2v) is 8.25. The molecule has 1 aliphatic carbocycles. The highest BCUT2D eigenvalue weighted by Gasteiger charge is 2.28. The molecule has 7 heteroatoms. The normalized spacial score (nSPS) is 15.1. The van der Waals surface area contributed by atoms with Crippen LogP contribution in [0.3, 0.4) is 0 Å². The monoisotopic (exact) mass is 491 g/mol. The van der Waals surface area contributed by atoms with Gasteiger partial charge in [0.25, 0.3) is 0 Å². The van der Waals surface area contributed by atoms with Gasteiger partial charge in [-0.25, -0.2) is 0 Å². The van der Waals surface area contributed by atoms with Crippen LogP contribution in [-0.4, -0.2) is 18.4 Å². The average Bonchev–Trinajstić information content (AvgIpc) is 3.14. The molecule has 2 aromatic carbocycles. The Morgan fingerprint density at radius 3 is 2.66 bits per heavy atom. The molecule has 0 radical (unpaired) electrons. The Morgan fingerprint density at radius 1 is 1.14 bits per heavy atom. The third-order valence-corrected chi connectivity index (χ3v) is 6.54. The van der Waals surface area contributed by atoms with Gasteiger partial charge < -0.3 is 9.47 Å². The number of hydrogen-bond acceptors (Lipinski definition) is 4.